The van der Waals surface area contributed by atoms with Crippen molar-refractivity contribution in [2.75, 3.05) is 13.1 Å². The Morgan fingerprint density at radius 1 is 1.35 bits per heavy atom. The number of rotatable bonds is 3. The molecule has 0 N–H and O–H groups in total. The molecule has 0 unspecified atom stereocenters. The van der Waals surface area contributed by atoms with E-state index in [-0.39, 0.29) is 12.0 Å². The van der Waals surface area contributed by atoms with Crippen LogP contribution in [0.3, 0.4) is 0 Å². The predicted octanol–water partition coefficient (Wildman–Crippen LogP) is 2.56. The summed E-state index contributed by atoms with van der Waals surface area (Å²) in [5, 5.41) is 0. The molecule has 108 valence electrons. The summed E-state index contributed by atoms with van der Waals surface area (Å²) in [5.74, 6) is 0.839. The summed E-state index contributed by atoms with van der Waals surface area (Å²) in [6.45, 7) is 5.92. The number of aryl methyl sites for hydroxylation is 2. The second-order valence-electron chi connectivity index (χ2n) is 6.21. The summed E-state index contributed by atoms with van der Waals surface area (Å²) < 4.78 is 5.85. The molecule has 0 bridgehead atoms. The number of ether oxygens (including phenoxy) is 1. The number of benzene rings is 1. The second kappa shape index (κ2) is 5.57. The smallest absolute Gasteiger partial charge is 0.223 e. The van der Waals surface area contributed by atoms with E-state index in [0.717, 1.165) is 25.9 Å². The standard InChI is InChI=1S/C17H23NO2/c1-12-5-3-4-6-14(12)7-8-17(19)18-10-15-9-13(2)20-16(15)11-18/h3-6,13,15-16H,7-11H2,1-2H3/t13-,15+,16-/m1/s1. The average Bonchev–Trinajstić information content (AvgIpc) is 2.94. The zero-order valence-electron chi connectivity index (χ0n) is 12.3. The van der Waals surface area contributed by atoms with Crippen LogP contribution < -0.4 is 0 Å². The Hall–Kier alpha value is -1.35. The number of nitrogens with zero attached hydrogens (tertiary/aromatic N) is 1. The first kappa shape index (κ1) is 13.6. The van der Waals surface area contributed by atoms with E-state index in [4.69, 9.17) is 4.74 Å². The Morgan fingerprint density at radius 3 is 2.90 bits per heavy atom. The minimum absolute atomic E-state index is 0.277. The average molecular weight is 273 g/mol. The van der Waals surface area contributed by atoms with Gasteiger partial charge < -0.3 is 9.64 Å². The Labute approximate surface area is 120 Å². The molecular formula is C17H23NO2. The van der Waals surface area contributed by atoms with Gasteiger partial charge in [0.25, 0.3) is 0 Å². The van der Waals surface area contributed by atoms with Gasteiger partial charge in [0, 0.05) is 25.4 Å². The third-order valence-corrected chi connectivity index (χ3v) is 4.64. The van der Waals surface area contributed by atoms with Gasteiger partial charge in [-0.2, -0.15) is 0 Å². The fourth-order valence-electron chi connectivity index (χ4n) is 3.50. The fraction of sp³-hybridized carbons (Fsp3) is 0.588. The number of carbonyl (C=O) groups is 1. The molecule has 0 aliphatic carbocycles. The summed E-state index contributed by atoms with van der Waals surface area (Å²) in [6, 6.07) is 8.31. The zero-order chi connectivity index (χ0) is 14.1. The maximum atomic E-state index is 12.3. The van der Waals surface area contributed by atoms with Crippen molar-refractivity contribution in [3.8, 4) is 0 Å². The molecule has 2 aliphatic heterocycles. The molecule has 1 aromatic rings. The molecule has 3 heteroatoms. The van der Waals surface area contributed by atoms with Crippen LogP contribution in [0.2, 0.25) is 0 Å². The van der Waals surface area contributed by atoms with Crippen LogP contribution in [0.25, 0.3) is 0 Å². The molecular weight excluding hydrogens is 250 g/mol. The summed E-state index contributed by atoms with van der Waals surface area (Å²) in [6.07, 6.45) is 3.21. The van der Waals surface area contributed by atoms with E-state index in [1.54, 1.807) is 0 Å². The highest BCUT2D eigenvalue weighted by Crippen LogP contribution is 2.32. The van der Waals surface area contributed by atoms with Crippen molar-refractivity contribution in [1.29, 1.82) is 0 Å². The third kappa shape index (κ3) is 2.73. The van der Waals surface area contributed by atoms with Crippen LogP contribution in [-0.4, -0.2) is 36.1 Å². The molecule has 0 spiro atoms. The van der Waals surface area contributed by atoms with Crippen LogP contribution in [0.15, 0.2) is 24.3 Å². The van der Waals surface area contributed by atoms with Gasteiger partial charge in [-0.1, -0.05) is 24.3 Å². The minimum Gasteiger partial charge on any atom is -0.373 e. The molecule has 1 amide bonds. The van der Waals surface area contributed by atoms with Crippen molar-refractivity contribution >= 4 is 5.91 Å². The van der Waals surface area contributed by atoms with Gasteiger partial charge in [0.05, 0.1) is 12.2 Å². The molecule has 3 nitrogen and oxygen atoms in total. The maximum Gasteiger partial charge on any atom is 0.223 e. The highest BCUT2D eigenvalue weighted by molar-refractivity contribution is 5.77. The van der Waals surface area contributed by atoms with Gasteiger partial charge in [-0.3, -0.25) is 4.79 Å². The Kier molecular flexibility index (Phi) is 3.79. The highest BCUT2D eigenvalue weighted by Gasteiger charge is 2.41. The molecule has 20 heavy (non-hydrogen) atoms. The van der Waals surface area contributed by atoms with E-state index in [1.807, 2.05) is 17.0 Å². The Bertz CT molecular complexity index is 486. The Balaban J connectivity index is 1.52. The van der Waals surface area contributed by atoms with Crippen LogP contribution in [0.1, 0.15) is 30.9 Å². The molecule has 2 saturated heterocycles. The normalized spacial score (nSPS) is 28.7. The molecule has 0 aromatic heterocycles. The van der Waals surface area contributed by atoms with E-state index < -0.39 is 0 Å². The van der Waals surface area contributed by atoms with E-state index in [9.17, 15) is 4.79 Å². The lowest BCUT2D eigenvalue weighted by atomic mass is 10.0. The fourth-order valence-corrected chi connectivity index (χ4v) is 3.50. The van der Waals surface area contributed by atoms with Gasteiger partial charge in [-0.25, -0.2) is 0 Å². The molecule has 0 radical (unpaired) electrons. The first-order valence-corrected chi connectivity index (χ1v) is 7.61. The zero-order valence-corrected chi connectivity index (χ0v) is 12.3. The number of likely N-dealkylation sites (tertiary alicyclic amines) is 1. The lowest BCUT2D eigenvalue weighted by Crippen LogP contribution is -2.31. The lowest BCUT2D eigenvalue weighted by Gasteiger charge is -2.18. The molecule has 3 atom stereocenters. The van der Waals surface area contributed by atoms with E-state index >= 15 is 0 Å². The number of fused-ring (bicyclic) bond motifs is 1. The van der Waals surface area contributed by atoms with Crippen molar-refractivity contribution in [1.82, 2.24) is 4.90 Å². The largest absolute Gasteiger partial charge is 0.373 e. The Morgan fingerprint density at radius 2 is 2.15 bits per heavy atom. The van der Waals surface area contributed by atoms with E-state index in [2.05, 4.69) is 26.0 Å². The van der Waals surface area contributed by atoms with Crippen molar-refractivity contribution in [3.05, 3.63) is 35.4 Å². The van der Waals surface area contributed by atoms with Crippen molar-refractivity contribution in [3.63, 3.8) is 0 Å². The number of hydrogen-bond acceptors (Lipinski definition) is 2. The molecule has 3 rings (SSSR count). The van der Waals surface area contributed by atoms with Crippen LogP contribution in [-0.2, 0) is 16.0 Å². The van der Waals surface area contributed by atoms with E-state index in [1.165, 1.54) is 11.1 Å². The molecule has 0 saturated carbocycles. The van der Waals surface area contributed by atoms with Crippen LogP contribution in [0.4, 0.5) is 0 Å². The van der Waals surface area contributed by atoms with Gasteiger partial charge in [0.2, 0.25) is 5.91 Å². The molecule has 1 aromatic carbocycles. The number of carbonyl (C=O) groups excluding carboxylic acids is 1. The van der Waals surface area contributed by atoms with Crippen LogP contribution >= 0.6 is 0 Å². The summed E-state index contributed by atoms with van der Waals surface area (Å²) in [5.41, 5.74) is 2.56. The first-order valence-electron chi connectivity index (χ1n) is 7.61. The van der Waals surface area contributed by atoms with Crippen LogP contribution in [0.5, 0.6) is 0 Å². The quantitative estimate of drug-likeness (QED) is 0.847. The van der Waals surface area contributed by atoms with Crippen molar-refractivity contribution in [2.45, 2.75) is 45.3 Å². The third-order valence-electron chi connectivity index (χ3n) is 4.64. The van der Waals surface area contributed by atoms with Gasteiger partial charge in [0.15, 0.2) is 0 Å². The van der Waals surface area contributed by atoms with Crippen molar-refractivity contribution < 1.29 is 9.53 Å². The first-order chi connectivity index (χ1) is 9.63. The number of amides is 1. The second-order valence-corrected chi connectivity index (χ2v) is 6.21. The summed E-state index contributed by atoms with van der Waals surface area (Å²) in [7, 11) is 0. The minimum atomic E-state index is 0.277. The maximum absolute atomic E-state index is 12.3. The topological polar surface area (TPSA) is 29.5 Å². The van der Waals surface area contributed by atoms with E-state index in [0.29, 0.717) is 18.4 Å². The van der Waals surface area contributed by atoms with Crippen molar-refractivity contribution in [2.24, 2.45) is 5.92 Å². The molecule has 2 heterocycles. The van der Waals surface area contributed by atoms with Gasteiger partial charge in [-0.15, -0.1) is 0 Å². The summed E-state index contributed by atoms with van der Waals surface area (Å²) >= 11 is 0. The monoisotopic (exact) mass is 273 g/mol. The molecule has 2 fully saturated rings. The van der Waals surface area contributed by atoms with Gasteiger partial charge >= 0.3 is 0 Å². The van der Waals surface area contributed by atoms with Gasteiger partial charge in [0.1, 0.15) is 0 Å². The SMILES string of the molecule is Cc1ccccc1CCC(=O)N1C[C@@H]2C[C@@H](C)O[C@@H]2C1. The predicted molar refractivity (Wildman–Crippen MR) is 78.5 cm³/mol. The van der Waals surface area contributed by atoms with Crippen LogP contribution in [0, 0.1) is 12.8 Å². The lowest BCUT2D eigenvalue weighted by molar-refractivity contribution is -0.131. The highest BCUT2D eigenvalue weighted by atomic mass is 16.5. The van der Waals surface area contributed by atoms with Gasteiger partial charge in [-0.05, 0) is 37.8 Å². The molecule has 2 aliphatic rings. The summed E-state index contributed by atoms with van der Waals surface area (Å²) in [4.78, 5) is 14.3. The number of hydrogen-bond donors (Lipinski definition) is 0.